The fraction of sp³-hybridized carbons (Fsp3) is 0.320. The van der Waals surface area contributed by atoms with Crippen molar-refractivity contribution in [2.24, 2.45) is 0 Å². The molecule has 0 bridgehead atoms. The minimum Gasteiger partial charge on any atom is -0.490 e. The Morgan fingerprint density at radius 3 is 2.62 bits per heavy atom. The zero-order valence-corrected chi connectivity index (χ0v) is 23.2. The van der Waals surface area contributed by atoms with Crippen LogP contribution in [-0.4, -0.2) is 65.6 Å². The number of nitrogens with zero attached hydrogens (tertiary/aromatic N) is 3. The van der Waals surface area contributed by atoms with Gasteiger partial charge in [0.1, 0.15) is 29.7 Å². The summed E-state index contributed by atoms with van der Waals surface area (Å²) in [5, 5.41) is 12.6. The van der Waals surface area contributed by atoms with Gasteiger partial charge in [0.25, 0.3) is 0 Å². The highest BCUT2D eigenvalue weighted by Crippen LogP contribution is 2.26. The second-order valence-corrected chi connectivity index (χ2v) is 12.5. The average Bonchev–Trinajstić information content (AvgIpc) is 3.17. The normalized spacial score (nSPS) is 12.9. The van der Waals surface area contributed by atoms with Crippen molar-refractivity contribution < 1.29 is 31.5 Å². The molecule has 0 fully saturated rings. The molecular weight excluding hydrogens is 551 g/mol. The van der Waals surface area contributed by atoms with Crippen molar-refractivity contribution in [1.82, 2.24) is 14.8 Å². The van der Waals surface area contributed by atoms with Gasteiger partial charge in [-0.3, -0.25) is 9.59 Å². The maximum atomic E-state index is 14.1. The highest BCUT2D eigenvalue weighted by Gasteiger charge is 2.23. The number of sulfone groups is 1. The monoisotopic (exact) mass is 579 g/mol. The second-order valence-electron chi connectivity index (χ2n) is 9.17. The van der Waals surface area contributed by atoms with Crippen molar-refractivity contribution >= 4 is 43.3 Å². The van der Waals surface area contributed by atoms with E-state index in [2.05, 4.69) is 15.4 Å². The minimum atomic E-state index is -3.64. The molecule has 0 radical (unpaired) electrons. The van der Waals surface area contributed by atoms with Crippen molar-refractivity contribution in [3.05, 3.63) is 64.7 Å². The van der Waals surface area contributed by atoms with Crippen LogP contribution in [0.5, 0.6) is 5.75 Å². The van der Waals surface area contributed by atoms with E-state index in [1.807, 2.05) is 9.24 Å². The Morgan fingerprint density at radius 2 is 2.03 bits per heavy atom. The molecule has 1 amide bonds. The summed E-state index contributed by atoms with van der Waals surface area (Å²) < 4.78 is 57.6. The van der Waals surface area contributed by atoms with Crippen LogP contribution in [0.25, 0.3) is 5.82 Å². The highest BCUT2D eigenvalue weighted by molar-refractivity contribution is 7.91. The largest absolute Gasteiger partial charge is 0.490 e. The summed E-state index contributed by atoms with van der Waals surface area (Å²) in [6.45, 7) is 1.04. The van der Waals surface area contributed by atoms with Gasteiger partial charge in [0.15, 0.2) is 27.4 Å². The average molecular weight is 580 g/mol. The number of benzene rings is 1. The molecule has 0 aliphatic heterocycles. The molecule has 14 heteroatoms. The van der Waals surface area contributed by atoms with Crippen LogP contribution < -0.4 is 10.1 Å². The number of hydrogen-bond donors (Lipinski definition) is 2. The van der Waals surface area contributed by atoms with Gasteiger partial charge >= 0.3 is 0 Å². The zero-order valence-electron chi connectivity index (χ0n) is 21.3. The number of aryl methyl sites for hydroxylation is 2. The van der Waals surface area contributed by atoms with Gasteiger partial charge in [0.2, 0.25) is 5.91 Å². The van der Waals surface area contributed by atoms with Gasteiger partial charge in [-0.25, -0.2) is 22.2 Å². The van der Waals surface area contributed by atoms with E-state index < -0.39 is 32.7 Å². The molecule has 3 rings (SSSR count). The first kappa shape index (κ1) is 30.0. The van der Waals surface area contributed by atoms with Crippen molar-refractivity contribution in [2.75, 3.05) is 23.9 Å². The smallest absolute Gasteiger partial charge is 0.240 e. The molecule has 2 heterocycles. The third-order valence-corrected chi connectivity index (χ3v) is 6.21. The van der Waals surface area contributed by atoms with Gasteiger partial charge in [-0.2, -0.15) is 9.78 Å². The number of aromatic nitrogens is 3. The van der Waals surface area contributed by atoms with Crippen molar-refractivity contribution in [3.8, 4) is 11.6 Å². The Hall–Kier alpha value is -3.57. The Balaban J connectivity index is 1.86. The molecule has 0 saturated carbocycles. The Bertz CT molecular complexity index is 1470. The summed E-state index contributed by atoms with van der Waals surface area (Å²) in [6.07, 6.45) is 4.95. The van der Waals surface area contributed by atoms with Gasteiger partial charge in [-0.15, -0.1) is 0 Å². The number of halogens is 2. The molecule has 0 spiro atoms. The van der Waals surface area contributed by atoms with Gasteiger partial charge in [-0.1, -0.05) is 9.24 Å². The van der Waals surface area contributed by atoms with Crippen LogP contribution in [0.4, 0.5) is 14.6 Å². The summed E-state index contributed by atoms with van der Waals surface area (Å²) >= 11 is 0. The molecule has 2 N–H and O–H groups in total. The van der Waals surface area contributed by atoms with E-state index in [1.165, 1.54) is 29.9 Å². The number of alkyl halides is 1. The quantitative estimate of drug-likeness (QED) is 0.180. The molecule has 2 aromatic heterocycles. The Morgan fingerprint density at radius 1 is 1.28 bits per heavy atom. The van der Waals surface area contributed by atoms with Crippen LogP contribution >= 0.6 is 9.24 Å². The molecule has 0 saturated heterocycles. The number of rotatable bonds is 13. The number of anilines is 1. The Kier molecular flexibility index (Phi) is 9.63. The summed E-state index contributed by atoms with van der Waals surface area (Å²) in [7, 11) is -1.63. The second kappa shape index (κ2) is 12.5. The van der Waals surface area contributed by atoms with Crippen LogP contribution in [0.3, 0.4) is 0 Å². The number of carbonyl (C=O) groups excluding carboxylic acids is 2. The predicted molar refractivity (Wildman–Crippen MR) is 146 cm³/mol. The van der Waals surface area contributed by atoms with Crippen LogP contribution in [-0.2, 0) is 27.5 Å². The van der Waals surface area contributed by atoms with Crippen molar-refractivity contribution in [3.63, 3.8) is 0 Å². The molecule has 2 unspecified atom stereocenters. The summed E-state index contributed by atoms with van der Waals surface area (Å²) in [5.41, 5.74) is 1.45. The number of ether oxygens (including phenoxy) is 1. The zero-order chi connectivity index (χ0) is 28.8. The third kappa shape index (κ3) is 9.00. The molecule has 1 aromatic carbocycles. The van der Waals surface area contributed by atoms with E-state index in [0.717, 1.165) is 18.5 Å². The van der Waals surface area contributed by atoms with Crippen LogP contribution in [0.2, 0.25) is 0 Å². The highest BCUT2D eigenvalue weighted by atomic mass is 32.2. The molecule has 3 aromatic rings. The fourth-order valence-corrected chi connectivity index (χ4v) is 4.25. The summed E-state index contributed by atoms with van der Waals surface area (Å²) in [6, 6.07) is 7.21. The van der Waals surface area contributed by atoms with Gasteiger partial charge in [-0.05, 0) is 56.0 Å². The maximum Gasteiger partial charge on any atom is 0.240 e. The topological polar surface area (TPSA) is 144 Å². The number of hydrogen-bond acceptors (Lipinski definition) is 8. The molecular formula is C25H28F2N5O5PS. The number of pyridine rings is 1. The lowest BCUT2D eigenvalue weighted by molar-refractivity contribution is -0.113. The van der Waals surface area contributed by atoms with E-state index in [1.54, 1.807) is 12.1 Å². The summed E-state index contributed by atoms with van der Waals surface area (Å²) in [5.74, 6) is -1.83. The van der Waals surface area contributed by atoms with E-state index in [-0.39, 0.29) is 36.0 Å². The van der Waals surface area contributed by atoms with Crippen molar-refractivity contribution in [1.29, 1.82) is 5.41 Å². The van der Waals surface area contributed by atoms with E-state index in [4.69, 9.17) is 10.1 Å². The predicted octanol–water partition coefficient (Wildman–Crippen LogP) is 3.31. The van der Waals surface area contributed by atoms with Gasteiger partial charge in [0, 0.05) is 30.3 Å². The van der Waals surface area contributed by atoms with Gasteiger partial charge in [0.05, 0.1) is 11.3 Å². The Labute approximate surface area is 226 Å². The standard InChI is InChI=1S/C25H28F2N5O5PS/c1-25(27,38)15-37-19-9-16(8-18(26)10-19)4-3-5-21-20(13-33)24(30-23(34)14-39(2,35)36)32(31-21)22-7-6-17(11-28)12-29-22/h6-13,28H,3-5,14-15,38H2,1-2H3,(H,30,34). The lowest BCUT2D eigenvalue weighted by Crippen LogP contribution is -2.24. The molecule has 208 valence electrons. The lowest BCUT2D eigenvalue weighted by atomic mass is 10.0. The number of nitrogens with one attached hydrogen (secondary N) is 2. The first-order valence-electron chi connectivity index (χ1n) is 11.7. The van der Waals surface area contributed by atoms with Crippen LogP contribution in [0, 0.1) is 11.2 Å². The first-order chi connectivity index (χ1) is 18.3. The van der Waals surface area contributed by atoms with Crippen LogP contribution in [0.1, 0.15) is 40.5 Å². The first-order valence-corrected chi connectivity index (χ1v) is 14.3. The molecule has 2 atom stereocenters. The summed E-state index contributed by atoms with van der Waals surface area (Å²) in [4.78, 5) is 28.7. The molecule has 0 aliphatic carbocycles. The van der Waals surface area contributed by atoms with Gasteiger partial charge < -0.3 is 15.5 Å². The van der Waals surface area contributed by atoms with E-state index in [0.29, 0.717) is 35.9 Å². The van der Waals surface area contributed by atoms with Crippen LogP contribution in [0.15, 0.2) is 36.5 Å². The number of aldehydes is 1. The molecule has 10 nitrogen and oxygen atoms in total. The maximum absolute atomic E-state index is 14.1. The van der Waals surface area contributed by atoms with E-state index >= 15 is 0 Å². The lowest BCUT2D eigenvalue weighted by Gasteiger charge is -2.15. The number of carbonyl (C=O) groups is 2. The molecule has 0 aliphatic rings. The number of amides is 1. The third-order valence-electron chi connectivity index (χ3n) is 5.25. The SMILES string of the molecule is CC(F)(P)COc1cc(F)cc(CCCc2nn(-c3ccc(C=N)cn3)c(NC(=O)CS(C)(=O)=O)c2C=O)c1. The van der Waals surface area contributed by atoms with E-state index in [9.17, 15) is 26.8 Å². The van der Waals surface area contributed by atoms with Crippen molar-refractivity contribution in [2.45, 2.75) is 31.6 Å². The fourth-order valence-electron chi connectivity index (χ4n) is 3.62. The minimum absolute atomic E-state index is 0.0423. The molecule has 39 heavy (non-hydrogen) atoms.